The van der Waals surface area contributed by atoms with Crippen LogP contribution in [0.3, 0.4) is 0 Å². The van der Waals surface area contributed by atoms with Crippen molar-refractivity contribution in [2.75, 3.05) is 39.4 Å². The van der Waals surface area contributed by atoms with Gasteiger partial charge in [-0.2, -0.15) is 0 Å². The van der Waals surface area contributed by atoms with E-state index in [1.807, 2.05) is 24.3 Å². The minimum atomic E-state index is -0.478. The Balaban J connectivity index is 1.62. The maximum absolute atomic E-state index is 13.4. The third kappa shape index (κ3) is 2.89. The highest BCUT2D eigenvalue weighted by Crippen LogP contribution is 2.45. The highest BCUT2D eigenvalue weighted by molar-refractivity contribution is 6.13. The fourth-order valence-electron chi connectivity index (χ4n) is 4.61. The predicted octanol–water partition coefficient (Wildman–Crippen LogP) is 2.20. The van der Waals surface area contributed by atoms with Gasteiger partial charge in [0, 0.05) is 31.7 Å². The van der Waals surface area contributed by atoms with Crippen LogP contribution < -0.4 is 0 Å². The van der Waals surface area contributed by atoms with Crippen LogP contribution in [0.25, 0.3) is 0 Å². The van der Waals surface area contributed by atoms with Crippen molar-refractivity contribution in [3.8, 4) is 0 Å². The minimum absolute atomic E-state index is 0.0316. The number of hydrogen-bond donors (Lipinski definition) is 0. The third-order valence-electron chi connectivity index (χ3n) is 6.02. The molecule has 3 aliphatic rings. The second kappa shape index (κ2) is 6.89. The molecule has 0 radical (unpaired) electrons. The van der Waals surface area contributed by atoms with Gasteiger partial charge in [-0.15, -0.1) is 0 Å². The van der Waals surface area contributed by atoms with Crippen LogP contribution in [-0.4, -0.2) is 61.0 Å². The van der Waals surface area contributed by atoms with E-state index in [0.29, 0.717) is 6.54 Å². The van der Waals surface area contributed by atoms with Crippen LogP contribution in [0.15, 0.2) is 24.3 Å². The van der Waals surface area contributed by atoms with Crippen molar-refractivity contribution in [2.45, 2.75) is 37.5 Å². The van der Waals surface area contributed by atoms with E-state index in [4.69, 9.17) is 4.74 Å². The quantitative estimate of drug-likeness (QED) is 0.790. The fourth-order valence-corrected chi connectivity index (χ4v) is 4.61. The van der Waals surface area contributed by atoms with Crippen molar-refractivity contribution in [2.24, 2.45) is 0 Å². The molecule has 2 aliphatic heterocycles. The second-order valence-corrected chi connectivity index (χ2v) is 7.40. The number of benzene rings is 1. The minimum Gasteiger partial charge on any atom is -0.379 e. The van der Waals surface area contributed by atoms with Gasteiger partial charge in [0.2, 0.25) is 5.91 Å². The molecule has 1 aliphatic carbocycles. The molecule has 2 fully saturated rings. The Morgan fingerprint density at radius 2 is 1.68 bits per heavy atom. The fraction of sp³-hybridized carbons (Fsp3) is 0.600. The summed E-state index contributed by atoms with van der Waals surface area (Å²) in [6.07, 6.45) is 5.03. The van der Waals surface area contributed by atoms with Crippen LogP contribution in [-0.2, 0) is 14.9 Å². The van der Waals surface area contributed by atoms with Gasteiger partial charge in [-0.05, 0) is 24.5 Å². The zero-order chi connectivity index (χ0) is 17.3. The Morgan fingerprint density at radius 3 is 2.44 bits per heavy atom. The zero-order valence-electron chi connectivity index (χ0n) is 14.7. The average molecular weight is 342 g/mol. The summed E-state index contributed by atoms with van der Waals surface area (Å²) in [5.41, 5.74) is 1.21. The van der Waals surface area contributed by atoms with E-state index in [1.54, 1.807) is 0 Å². The smallest absolute Gasteiger partial charge is 0.260 e. The molecule has 0 aromatic heterocycles. The Kier molecular flexibility index (Phi) is 4.61. The molecule has 2 heterocycles. The van der Waals surface area contributed by atoms with Gasteiger partial charge >= 0.3 is 0 Å². The molecule has 5 nitrogen and oxygen atoms in total. The highest BCUT2D eigenvalue weighted by Gasteiger charge is 2.50. The lowest BCUT2D eigenvalue weighted by Crippen LogP contribution is -2.56. The first-order valence-corrected chi connectivity index (χ1v) is 9.48. The van der Waals surface area contributed by atoms with Crippen molar-refractivity contribution in [3.63, 3.8) is 0 Å². The van der Waals surface area contributed by atoms with E-state index in [1.165, 1.54) is 11.3 Å². The number of carbonyl (C=O) groups excluding carboxylic acids is 2. The number of rotatable bonds is 3. The summed E-state index contributed by atoms with van der Waals surface area (Å²) in [6, 6.07) is 7.75. The van der Waals surface area contributed by atoms with Gasteiger partial charge in [-0.25, -0.2) is 0 Å². The molecule has 1 saturated carbocycles. The number of nitrogens with zero attached hydrogens (tertiary/aromatic N) is 2. The van der Waals surface area contributed by atoms with E-state index < -0.39 is 5.41 Å². The molecular formula is C20H26N2O3. The monoisotopic (exact) mass is 342 g/mol. The second-order valence-electron chi connectivity index (χ2n) is 7.40. The molecule has 0 atom stereocenters. The van der Waals surface area contributed by atoms with Gasteiger partial charge in [0.05, 0.1) is 18.6 Å². The number of hydrogen-bond acceptors (Lipinski definition) is 4. The molecule has 134 valence electrons. The average Bonchev–Trinajstić information content (AvgIpc) is 2.68. The van der Waals surface area contributed by atoms with Crippen LogP contribution in [0.5, 0.6) is 0 Å². The molecule has 25 heavy (non-hydrogen) atoms. The largest absolute Gasteiger partial charge is 0.379 e. The van der Waals surface area contributed by atoms with Crippen molar-refractivity contribution < 1.29 is 14.3 Å². The van der Waals surface area contributed by atoms with E-state index >= 15 is 0 Å². The molecule has 4 rings (SSSR count). The summed E-state index contributed by atoms with van der Waals surface area (Å²) in [5, 5.41) is 0. The van der Waals surface area contributed by atoms with Crippen molar-refractivity contribution >= 4 is 11.8 Å². The predicted molar refractivity (Wildman–Crippen MR) is 94.5 cm³/mol. The number of amides is 2. The van der Waals surface area contributed by atoms with Gasteiger partial charge in [0.15, 0.2) is 0 Å². The number of imide groups is 1. The maximum atomic E-state index is 13.4. The van der Waals surface area contributed by atoms with E-state index in [9.17, 15) is 9.59 Å². The summed E-state index contributed by atoms with van der Waals surface area (Å²) in [6.45, 7) is 4.42. The molecule has 0 N–H and O–H groups in total. The molecular weight excluding hydrogens is 316 g/mol. The Hall–Kier alpha value is -1.72. The summed E-state index contributed by atoms with van der Waals surface area (Å²) in [7, 11) is 0. The van der Waals surface area contributed by atoms with Crippen molar-refractivity contribution in [1.82, 2.24) is 9.80 Å². The van der Waals surface area contributed by atoms with Gasteiger partial charge in [-0.3, -0.25) is 19.4 Å². The van der Waals surface area contributed by atoms with Gasteiger partial charge in [0.1, 0.15) is 0 Å². The lowest BCUT2D eigenvalue weighted by atomic mass is 9.65. The summed E-state index contributed by atoms with van der Waals surface area (Å²) in [5.74, 6) is -0.0887. The summed E-state index contributed by atoms with van der Waals surface area (Å²) < 4.78 is 5.38. The van der Waals surface area contributed by atoms with Crippen LogP contribution in [0, 0.1) is 0 Å². The maximum Gasteiger partial charge on any atom is 0.260 e. The van der Waals surface area contributed by atoms with Crippen LogP contribution in [0.4, 0.5) is 0 Å². The molecule has 1 spiro atoms. The molecule has 2 amide bonds. The normalized spacial score (nSPS) is 23.8. The summed E-state index contributed by atoms with van der Waals surface area (Å²) >= 11 is 0. The van der Waals surface area contributed by atoms with E-state index in [2.05, 4.69) is 4.90 Å². The standard InChI is InChI=1S/C20H26N2O3/c23-18-16-6-2-3-7-17(16)20(8-4-1-5-9-20)19(24)22(18)11-10-21-12-14-25-15-13-21/h2-3,6-7H,1,4-5,8-15H2. The third-order valence-corrected chi connectivity index (χ3v) is 6.02. The van der Waals surface area contributed by atoms with Gasteiger partial charge < -0.3 is 4.74 Å². The first-order valence-electron chi connectivity index (χ1n) is 9.48. The first-order chi connectivity index (χ1) is 12.2. The molecule has 1 aromatic carbocycles. The molecule has 1 aromatic rings. The molecule has 0 unspecified atom stereocenters. The number of morpholine rings is 1. The topological polar surface area (TPSA) is 49.9 Å². The van der Waals surface area contributed by atoms with Crippen LogP contribution >= 0.6 is 0 Å². The van der Waals surface area contributed by atoms with Crippen molar-refractivity contribution in [3.05, 3.63) is 35.4 Å². The van der Waals surface area contributed by atoms with Crippen LogP contribution in [0.1, 0.15) is 48.0 Å². The number of fused-ring (bicyclic) bond motifs is 2. The Bertz CT molecular complexity index is 661. The Labute approximate surface area is 148 Å². The van der Waals surface area contributed by atoms with E-state index in [-0.39, 0.29) is 11.8 Å². The number of carbonyl (C=O) groups is 2. The highest BCUT2D eigenvalue weighted by atomic mass is 16.5. The molecule has 1 saturated heterocycles. The lowest BCUT2D eigenvalue weighted by Gasteiger charge is -2.44. The van der Waals surface area contributed by atoms with Gasteiger partial charge in [0.25, 0.3) is 5.91 Å². The van der Waals surface area contributed by atoms with Crippen LogP contribution in [0.2, 0.25) is 0 Å². The number of ether oxygens (including phenoxy) is 1. The Morgan fingerprint density at radius 1 is 0.960 bits per heavy atom. The zero-order valence-corrected chi connectivity index (χ0v) is 14.7. The SMILES string of the molecule is O=C1c2ccccc2C2(CCCCC2)C(=O)N1CCN1CCOCC1. The molecule has 5 heteroatoms. The summed E-state index contributed by atoms with van der Waals surface area (Å²) in [4.78, 5) is 30.2. The van der Waals surface area contributed by atoms with Crippen molar-refractivity contribution in [1.29, 1.82) is 0 Å². The first kappa shape index (κ1) is 16.7. The van der Waals surface area contributed by atoms with Gasteiger partial charge in [-0.1, -0.05) is 37.5 Å². The van der Waals surface area contributed by atoms with E-state index in [0.717, 1.165) is 69.7 Å². The molecule has 0 bridgehead atoms. The lowest BCUT2D eigenvalue weighted by molar-refractivity contribution is -0.137.